The van der Waals surface area contributed by atoms with Crippen molar-refractivity contribution >= 4 is 17.2 Å². The highest BCUT2D eigenvalue weighted by molar-refractivity contribution is 7.39. The highest BCUT2D eigenvalue weighted by Gasteiger charge is 2.02. The van der Waals surface area contributed by atoms with Crippen LogP contribution in [0.4, 0.5) is 0 Å². The monoisotopic (exact) mass is 320 g/mol. The highest BCUT2D eigenvalue weighted by Crippen LogP contribution is 2.28. The SMILES string of the molecule is CCC(C)PC(C)CC.CCCCCPCCCCC. The summed E-state index contributed by atoms with van der Waals surface area (Å²) in [4.78, 5) is 0. The van der Waals surface area contributed by atoms with Crippen LogP contribution in [0.1, 0.15) is 92.9 Å². The second-order valence-corrected chi connectivity index (χ2v) is 9.75. The molecule has 0 nitrogen and oxygen atoms in total. The van der Waals surface area contributed by atoms with Crippen molar-refractivity contribution in [3.63, 3.8) is 0 Å². The van der Waals surface area contributed by atoms with Crippen LogP contribution in [0.2, 0.25) is 0 Å². The first-order chi connectivity index (χ1) is 9.62. The smallest absolute Gasteiger partial charge is 0.0265 e. The molecule has 0 N–H and O–H groups in total. The zero-order chi connectivity index (χ0) is 15.6. The molecule has 0 rings (SSSR count). The van der Waals surface area contributed by atoms with Gasteiger partial charge in [-0.25, -0.2) is 0 Å². The van der Waals surface area contributed by atoms with E-state index in [0.29, 0.717) is 0 Å². The maximum atomic E-state index is 2.35. The summed E-state index contributed by atoms with van der Waals surface area (Å²) in [6, 6.07) is 0. The van der Waals surface area contributed by atoms with E-state index in [1.54, 1.807) is 0 Å². The Morgan fingerprint density at radius 1 is 0.650 bits per heavy atom. The van der Waals surface area contributed by atoms with E-state index in [1.165, 1.54) is 80.9 Å². The quantitative estimate of drug-likeness (QED) is 0.261. The second-order valence-electron chi connectivity index (χ2n) is 5.95. The van der Waals surface area contributed by atoms with Gasteiger partial charge in [-0.1, -0.05) is 67.2 Å². The molecule has 0 aromatic rings. The van der Waals surface area contributed by atoms with Crippen LogP contribution in [0.25, 0.3) is 0 Å². The van der Waals surface area contributed by atoms with Crippen molar-refractivity contribution in [3.8, 4) is 0 Å². The van der Waals surface area contributed by atoms with Crippen molar-refractivity contribution in [2.75, 3.05) is 12.3 Å². The fourth-order valence-corrected chi connectivity index (χ4v) is 4.54. The van der Waals surface area contributed by atoms with Crippen LogP contribution in [0.15, 0.2) is 0 Å². The molecule has 0 spiro atoms. The minimum atomic E-state index is 0.958. The van der Waals surface area contributed by atoms with Crippen molar-refractivity contribution < 1.29 is 0 Å². The first-order valence-corrected chi connectivity index (χ1v) is 11.7. The van der Waals surface area contributed by atoms with E-state index in [2.05, 4.69) is 41.5 Å². The maximum absolute atomic E-state index is 2.35. The van der Waals surface area contributed by atoms with Gasteiger partial charge in [-0.3, -0.25) is 0 Å². The standard InChI is InChI=1S/C10H23P.C8H19P/c1-3-5-7-9-11-10-8-6-4-2;1-5-7(3)9-8(4)6-2/h11H,3-10H2,1-2H3;7-9H,5-6H2,1-4H3. The molecule has 0 radical (unpaired) electrons. The van der Waals surface area contributed by atoms with Crippen molar-refractivity contribution in [1.82, 2.24) is 0 Å². The third-order valence-electron chi connectivity index (χ3n) is 3.71. The molecule has 0 heterocycles. The normalized spacial score (nSPS) is 14.1. The molecule has 0 aromatic carbocycles. The van der Waals surface area contributed by atoms with E-state index in [-0.39, 0.29) is 0 Å². The summed E-state index contributed by atoms with van der Waals surface area (Å²) in [6.07, 6.45) is 14.3. The maximum Gasteiger partial charge on any atom is -0.0265 e. The van der Waals surface area contributed by atoms with Crippen molar-refractivity contribution in [3.05, 3.63) is 0 Å². The minimum absolute atomic E-state index is 0.958. The molecule has 0 aliphatic heterocycles. The summed E-state index contributed by atoms with van der Waals surface area (Å²) in [7, 11) is 2.43. The predicted molar refractivity (Wildman–Crippen MR) is 105 cm³/mol. The summed E-state index contributed by atoms with van der Waals surface area (Å²) in [6.45, 7) is 13.8. The third kappa shape index (κ3) is 21.2. The summed E-state index contributed by atoms with van der Waals surface area (Å²) in [5.74, 6) is 0. The number of rotatable bonds is 12. The van der Waals surface area contributed by atoms with Crippen LogP contribution in [-0.4, -0.2) is 23.6 Å². The molecule has 20 heavy (non-hydrogen) atoms. The Morgan fingerprint density at radius 2 is 1.05 bits per heavy atom. The van der Waals surface area contributed by atoms with Gasteiger partial charge in [-0.2, -0.15) is 0 Å². The van der Waals surface area contributed by atoms with Gasteiger partial charge in [0.05, 0.1) is 0 Å². The van der Waals surface area contributed by atoms with E-state index >= 15 is 0 Å². The zero-order valence-corrected chi connectivity index (χ0v) is 17.2. The van der Waals surface area contributed by atoms with Crippen molar-refractivity contribution in [2.45, 2.75) is 104 Å². The van der Waals surface area contributed by atoms with Gasteiger partial charge in [-0.15, -0.1) is 17.2 Å². The van der Waals surface area contributed by atoms with E-state index in [4.69, 9.17) is 0 Å². The van der Waals surface area contributed by atoms with Gasteiger partial charge in [0.15, 0.2) is 0 Å². The molecule has 2 heteroatoms. The lowest BCUT2D eigenvalue weighted by Crippen LogP contribution is -1.98. The van der Waals surface area contributed by atoms with Crippen molar-refractivity contribution in [2.24, 2.45) is 0 Å². The van der Waals surface area contributed by atoms with E-state index in [1.807, 2.05) is 0 Å². The minimum Gasteiger partial charge on any atom is -0.122 e. The van der Waals surface area contributed by atoms with Gasteiger partial charge < -0.3 is 0 Å². The Balaban J connectivity index is 0. The molecule has 124 valence electrons. The lowest BCUT2D eigenvalue weighted by molar-refractivity contribution is 0.765. The average Bonchev–Trinajstić information content (AvgIpc) is 2.46. The van der Waals surface area contributed by atoms with Gasteiger partial charge in [-0.05, 0) is 49.3 Å². The Morgan fingerprint density at radius 3 is 1.35 bits per heavy atom. The molecule has 0 saturated carbocycles. The summed E-state index contributed by atoms with van der Waals surface area (Å²) in [5.41, 5.74) is 1.92. The Hall–Kier alpha value is 0.860. The Labute approximate surface area is 134 Å². The summed E-state index contributed by atoms with van der Waals surface area (Å²) >= 11 is 0. The molecular formula is C18H42P2. The topological polar surface area (TPSA) is 0 Å². The first-order valence-electron chi connectivity index (χ1n) is 9.08. The van der Waals surface area contributed by atoms with Gasteiger partial charge in [0.1, 0.15) is 0 Å². The van der Waals surface area contributed by atoms with Crippen LogP contribution in [0.5, 0.6) is 0 Å². The van der Waals surface area contributed by atoms with Crippen LogP contribution in [0, 0.1) is 0 Å². The van der Waals surface area contributed by atoms with Gasteiger partial charge in [0, 0.05) is 0 Å². The Bertz CT molecular complexity index is 143. The summed E-state index contributed by atoms with van der Waals surface area (Å²) < 4.78 is 0. The number of unbranched alkanes of at least 4 members (excludes halogenated alkanes) is 4. The highest BCUT2D eigenvalue weighted by atomic mass is 31.1. The van der Waals surface area contributed by atoms with E-state index in [0.717, 1.165) is 11.3 Å². The molecule has 0 aliphatic rings. The van der Waals surface area contributed by atoms with Gasteiger partial charge in [0.25, 0.3) is 0 Å². The van der Waals surface area contributed by atoms with Crippen molar-refractivity contribution in [1.29, 1.82) is 0 Å². The van der Waals surface area contributed by atoms with Crippen LogP contribution >= 0.6 is 17.2 Å². The van der Waals surface area contributed by atoms with Crippen LogP contribution < -0.4 is 0 Å². The zero-order valence-electron chi connectivity index (χ0n) is 15.2. The predicted octanol–water partition coefficient (Wildman–Crippen LogP) is 7.31. The molecule has 2 atom stereocenters. The average molecular weight is 320 g/mol. The van der Waals surface area contributed by atoms with Crippen LogP contribution in [0.3, 0.4) is 0 Å². The van der Waals surface area contributed by atoms with E-state index in [9.17, 15) is 0 Å². The number of hydrogen-bond acceptors (Lipinski definition) is 0. The fraction of sp³-hybridized carbons (Fsp3) is 1.00. The number of hydrogen-bond donors (Lipinski definition) is 0. The largest absolute Gasteiger partial charge is 0.122 e. The molecule has 0 aromatic heterocycles. The lowest BCUT2D eigenvalue weighted by Gasteiger charge is -2.13. The molecule has 0 bridgehead atoms. The fourth-order valence-electron chi connectivity index (χ4n) is 1.85. The molecule has 0 aliphatic carbocycles. The molecule has 0 amide bonds. The summed E-state index contributed by atoms with van der Waals surface area (Å²) in [5, 5.41) is 0. The van der Waals surface area contributed by atoms with Gasteiger partial charge in [0.2, 0.25) is 0 Å². The lowest BCUT2D eigenvalue weighted by atomic mass is 10.3. The van der Waals surface area contributed by atoms with Crippen LogP contribution in [-0.2, 0) is 0 Å². The second kappa shape index (κ2) is 19.9. The molecule has 0 fully saturated rings. The van der Waals surface area contributed by atoms with Gasteiger partial charge >= 0.3 is 0 Å². The molecular weight excluding hydrogens is 278 g/mol. The molecule has 0 saturated heterocycles. The molecule has 2 unspecified atom stereocenters. The Kier molecular flexibility index (Phi) is 23.0. The first kappa shape index (κ1) is 23.1. The third-order valence-corrected chi connectivity index (χ3v) is 7.08. The van der Waals surface area contributed by atoms with E-state index < -0.39 is 0 Å².